The Morgan fingerprint density at radius 3 is 2.39 bits per heavy atom. The second-order valence-corrected chi connectivity index (χ2v) is 5.48. The van der Waals surface area contributed by atoms with Gasteiger partial charge in [-0.05, 0) is 31.5 Å². The first-order chi connectivity index (χ1) is 8.37. The van der Waals surface area contributed by atoms with Crippen molar-refractivity contribution in [2.75, 3.05) is 17.0 Å². The van der Waals surface area contributed by atoms with E-state index in [1.807, 2.05) is 4.72 Å². The van der Waals surface area contributed by atoms with Gasteiger partial charge in [0, 0.05) is 0 Å². The normalized spacial score (nSPS) is 11.6. The van der Waals surface area contributed by atoms with E-state index >= 15 is 0 Å². The molecule has 0 unspecified atom stereocenters. The molecule has 0 atom stereocenters. The van der Waals surface area contributed by atoms with Gasteiger partial charge in [-0.1, -0.05) is 0 Å². The predicted octanol–water partition coefficient (Wildman–Crippen LogP) is 1.58. The summed E-state index contributed by atoms with van der Waals surface area (Å²) < 4.78 is 63.6. The van der Waals surface area contributed by atoms with Gasteiger partial charge >= 0.3 is 0 Å². The smallest absolute Gasteiger partial charge is 0.232 e. The van der Waals surface area contributed by atoms with Crippen LogP contribution in [-0.4, -0.2) is 20.7 Å². The molecule has 8 heteroatoms. The Balaban J connectivity index is 2.82. The Morgan fingerprint density at radius 2 is 1.78 bits per heavy atom. The third-order valence-electron chi connectivity index (χ3n) is 2.17. The van der Waals surface area contributed by atoms with Crippen LogP contribution < -0.4 is 10.5 Å². The molecule has 18 heavy (non-hydrogen) atoms. The van der Waals surface area contributed by atoms with Gasteiger partial charge in [-0.3, -0.25) is 4.72 Å². The van der Waals surface area contributed by atoms with Crippen molar-refractivity contribution < 1.29 is 21.6 Å². The average molecular weight is 282 g/mol. The van der Waals surface area contributed by atoms with Gasteiger partial charge in [0.1, 0.15) is 0 Å². The molecule has 3 N–H and O–H groups in total. The molecule has 0 spiro atoms. The van der Waals surface area contributed by atoms with E-state index in [0.29, 0.717) is 25.5 Å². The minimum atomic E-state index is -3.79. The molecule has 0 fully saturated rings. The number of hydrogen-bond donors (Lipinski definition) is 2. The number of hydrogen-bond acceptors (Lipinski definition) is 3. The van der Waals surface area contributed by atoms with Crippen molar-refractivity contribution in [3.05, 3.63) is 29.6 Å². The molecule has 1 aromatic carbocycles. The molecule has 1 rings (SSSR count). The minimum absolute atomic E-state index is 0.261. The molecule has 0 saturated carbocycles. The molecule has 0 radical (unpaired) electrons. The summed E-state index contributed by atoms with van der Waals surface area (Å²) in [7, 11) is -3.79. The summed E-state index contributed by atoms with van der Waals surface area (Å²) in [5.74, 6) is -4.91. The molecule has 1 aromatic rings. The fraction of sp³-hybridized carbons (Fsp3) is 0.400. The highest BCUT2D eigenvalue weighted by Gasteiger charge is 2.17. The van der Waals surface area contributed by atoms with Gasteiger partial charge in [0.05, 0.1) is 11.4 Å². The number of unbranched alkanes of at least 4 members (excludes halogenated alkanes) is 1. The lowest BCUT2D eigenvalue weighted by Gasteiger charge is -2.09. The van der Waals surface area contributed by atoms with Gasteiger partial charge in [0.25, 0.3) is 0 Å². The molecule has 0 heterocycles. The highest BCUT2D eigenvalue weighted by Crippen LogP contribution is 2.20. The number of rotatable bonds is 6. The molecule has 0 saturated heterocycles. The zero-order chi connectivity index (χ0) is 13.8. The number of benzene rings is 1. The first kappa shape index (κ1) is 14.8. The van der Waals surface area contributed by atoms with Gasteiger partial charge in [0.15, 0.2) is 17.5 Å². The van der Waals surface area contributed by atoms with Crippen LogP contribution in [0.3, 0.4) is 0 Å². The standard InChI is InChI=1S/C10H13F3N2O2S/c11-7-3-4-8(10(13)9(7)12)15-18(16,17)6-2-1-5-14/h3-4,15H,1-2,5-6,14H2. The largest absolute Gasteiger partial charge is 0.330 e. The Morgan fingerprint density at radius 1 is 1.11 bits per heavy atom. The molecule has 0 aliphatic carbocycles. The van der Waals surface area contributed by atoms with E-state index < -0.39 is 33.2 Å². The summed E-state index contributed by atoms with van der Waals surface area (Å²) in [5, 5.41) is 0. The third-order valence-corrected chi connectivity index (χ3v) is 3.52. The van der Waals surface area contributed by atoms with Crippen molar-refractivity contribution in [1.29, 1.82) is 0 Å². The van der Waals surface area contributed by atoms with E-state index in [-0.39, 0.29) is 5.75 Å². The first-order valence-electron chi connectivity index (χ1n) is 5.21. The van der Waals surface area contributed by atoms with Gasteiger partial charge < -0.3 is 5.73 Å². The van der Waals surface area contributed by atoms with Crippen molar-refractivity contribution in [1.82, 2.24) is 0 Å². The van der Waals surface area contributed by atoms with E-state index in [4.69, 9.17) is 5.73 Å². The van der Waals surface area contributed by atoms with Crippen LogP contribution in [0.4, 0.5) is 18.9 Å². The van der Waals surface area contributed by atoms with Crippen LogP contribution in [0.5, 0.6) is 0 Å². The third kappa shape index (κ3) is 3.88. The maximum absolute atomic E-state index is 13.2. The summed E-state index contributed by atoms with van der Waals surface area (Å²) in [6.45, 7) is 0.342. The molecule has 0 aromatic heterocycles. The lowest BCUT2D eigenvalue weighted by molar-refractivity contribution is 0.449. The summed E-state index contributed by atoms with van der Waals surface area (Å²) in [5.41, 5.74) is 4.59. The molecule has 0 bridgehead atoms. The van der Waals surface area contributed by atoms with Gasteiger partial charge in [0.2, 0.25) is 10.0 Å². The molecular weight excluding hydrogens is 269 g/mol. The fourth-order valence-corrected chi connectivity index (χ4v) is 2.44. The topological polar surface area (TPSA) is 72.2 Å². The zero-order valence-corrected chi connectivity index (χ0v) is 10.2. The lowest BCUT2D eigenvalue weighted by Crippen LogP contribution is -2.18. The molecule has 0 aliphatic rings. The van der Waals surface area contributed by atoms with Gasteiger partial charge in [-0.2, -0.15) is 0 Å². The predicted molar refractivity (Wildman–Crippen MR) is 62.0 cm³/mol. The maximum Gasteiger partial charge on any atom is 0.232 e. The lowest BCUT2D eigenvalue weighted by atomic mass is 10.3. The zero-order valence-electron chi connectivity index (χ0n) is 9.42. The number of halogens is 3. The van der Waals surface area contributed by atoms with Crippen LogP contribution in [0.1, 0.15) is 12.8 Å². The van der Waals surface area contributed by atoms with Crippen LogP contribution in [0.15, 0.2) is 12.1 Å². The van der Waals surface area contributed by atoms with Crippen molar-refractivity contribution in [3.63, 3.8) is 0 Å². The van der Waals surface area contributed by atoms with E-state index in [0.717, 1.165) is 6.07 Å². The monoisotopic (exact) mass is 282 g/mol. The number of sulfonamides is 1. The minimum Gasteiger partial charge on any atom is -0.330 e. The van der Waals surface area contributed by atoms with E-state index in [9.17, 15) is 21.6 Å². The number of anilines is 1. The van der Waals surface area contributed by atoms with Crippen LogP contribution in [0.2, 0.25) is 0 Å². The average Bonchev–Trinajstić information content (AvgIpc) is 2.30. The van der Waals surface area contributed by atoms with Crippen molar-refractivity contribution in [2.24, 2.45) is 5.73 Å². The Bertz CT molecular complexity index is 520. The van der Waals surface area contributed by atoms with Crippen molar-refractivity contribution in [3.8, 4) is 0 Å². The van der Waals surface area contributed by atoms with Crippen LogP contribution in [0.25, 0.3) is 0 Å². The highest BCUT2D eigenvalue weighted by molar-refractivity contribution is 7.92. The van der Waals surface area contributed by atoms with Gasteiger partial charge in [-0.25, -0.2) is 21.6 Å². The Hall–Kier alpha value is -1.28. The molecule has 102 valence electrons. The molecule has 4 nitrogen and oxygen atoms in total. The fourth-order valence-electron chi connectivity index (χ4n) is 1.26. The number of nitrogens with one attached hydrogen (secondary N) is 1. The first-order valence-corrected chi connectivity index (χ1v) is 6.86. The van der Waals surface area contributed by atoms with Crippen LogP contribution in [0, 0.1) is 17.5 Å². The quantitative estimate of drug-likeness (QED) is 0.614. The molecular formula is C10H13F3N2O2S. The van der Waals surface area contributed by atoms with E-state index in [2.05, 4.69) is 0 Å². The summed E-state index contributed by atoms with van der Waals surface area (Å²) >= 11 is 0. The molecule has 0 aliphatic heterocycles. The van der Waals surface area contributed by atoms with E-state index in [1.165, 1.54) is 0 Å². The van der Waals surface area contributed by atoms with Crippen LogP contribution >= 0.6 is 0 Å². The van der Waals surface area contributed by atoms with Crippen molar-refractivity contribution in [2.45, 2.75) is 12.8 Å². The summed E-state index contributed by atoms with van der Waals surface area (Å²) in [6.07, 6.45) is 0.804. The van der Waals surface area contributed by atoms with Crippen molar-refractivity contribution >= 4 is 15.7 Å². The Labute approximate surface area is 103 Å². The Kier molecular flexibility index (Phi) is 4.97. The van der Waals surface area contributed by atoms with E-state index in [1.54, 1.807) is 0 Å². The number of nitrogens with two attached hydrogens (primary N) is 1. The SMILES string of the molecule is NCCCCS(=O)(=O)Nc1ccc(F)c(F)c1F. The second-order valence-electron chi connectivity index (χ2n) is 3.64. The van der Waals surface area contributed by atoms with Crippen LogP contribution in [-0.2, 0) is 10.0 Å². The summed E-state index contributed by atoms with van der Waals surface area (Å²) in [4.78, 5) is 0. The summed E-state index contributed by atoms with van der Waals surface area (Å²) in [6, 6.07) is 1.48. The highest BCUT2D eigenvalue weighted by atomic mass is 32.2. The second kappa shape index (κ2) is 6.05. The van der Waals surface area contributed by atoms with Gasteiger partial charge in [-0.15, -0.1) is 0 Å². The molecule has 0 amide bonds. The maximum atomic E-state index is 13.2.